The molecule has 0 bridgehead atoms. The minimum Gasteiger partial charge on any atom is -0.393 e. The zero-order chi connectivity index (χ0) is 31.3. The second kappa shape index (κ2) is 12.3. The highest BCUT2D eigenvalue weighted by atomic mass is 16.3. The van der Waals surface area contributed by atoms with E-state index in [-0.39, 0.29) is 29.9 Å². The Kier molecular flexibility index (Phi) is 8.47. The summed E-state index contributed by atoms with van der Waals surface area (Å²) in [6.07, 6.45) is 13.8. The van der Waals surface area contributed by atoms with Gasteiger partial charge in [0.1, 0.15) is 6.54 Å². The molecule has 7 rings (SSSR count). The molecule has 5 fully saturated rings. The third-order valence-corrected chi connectivity index (χ3v) is 13.7. The molecule has 45 heavy (non-hydrogen) atoms. The first kappa shape index (κ1) is 31.1. The highest BCUT2D eigenvalue weighted by Gasteiger charge is 2.60. The number of carbonyl (C=O) groups is 2. The fourth-order valence-corrected chi connectivity index (χ4v) is 11.1. The number of pyridine rings is 1. The van der Waals surface area contributed by atoms with Gasteiger partial charge in [-0.25, -0.2) is 0 Å². The Labute approximate surface area is 269 Å². The average Bonchev–Trinajstić information content (AvgIpc) is 3.37. The van der Waals surface area contributed by atoms with E-state index >= 15 is 0 Å². The summed E-state index contributed by atoms with van der Waals surface area (Å²) in [5.74, 6) is 3.11. The van der Waals surface area contributed by atoms with Crippen molar-refractivity contribution >= 4 is 22.7 Å². The third kappa shape index (κ3) is 5.50. The smallest absolute Gasteiger partial charge is 0.254 e. The van der Waals surface area contributed by atoms with Gasteiger partial charge in [-0.1, -0.05) is 26.8 Å². The number of piperazine rings is 1. The second-order valence-corrected chi connectivity index (χ2v) is 15.8. The maximum absolute atomic E-state index is 13.5. The number of benzene rings is 1. The summed E-state index contributed by atoms with van der Waals surface area (Å²) in [6.45, 7) is 11.1. The SMILES string of the molecule is CCCN(CC(=O)N1CCN(C2CCC3CCC4C5CCC(O)C5(C)CCC4C3(C)C2)CC1)C(=O)c1ccc2ncccc2c1. The molecule has 4 aliphatic carbocycles. The van der Waals surface area contributed by atoms with E-state index in [1.54, 1.807) is 11.1 Å². The molecule has 8 unspecified atom stereocenters. The first-order valence-corrected chi connectivity index (χ1v) is 18.0. The van der Waals surface area contributed by atoms with Crippen LogP contribution < -0.4 is 0 Å². The second-order valence-electron chi connectivity index (χ2n) is 15.8. The minimum absolute atomic E-state index is 0.0636. The predicted molar refractivity (Wildman–Crippen MR) is 178 cm³/mol. The van der Waals surface area contributed by atoms with Gasteiger partial charge >= 0.3 is 0 Å². The van der Waals surface area contributed by atoms with Crippen LogP contribution in [0.2, 0.25) is 0 Å². The number of hydrogen-bond donors (Lipinski definition) is 1. The van der Waals surface area contributed by atoms with Gasteiger partial charge in [-0.2, -0.15) is 0 Å². The summed E-state index contributed by atoms with van der Waals surface area (Å²) in [6, 6.07) is 10.1. The number of rotatable bonds is 6. The Balaban J connectivity index is 0.965. The maximum atomic E-state index is 13.5. The molecule has 7 nitrogen and oxygen atoms in total. The van der Waals surface area contributed by atoms with Crippen LogP contribution in [-0.2, 0) is 4.79 Å². The van der Waals surface area contributed by atoms with E-state index in [4.69, 9.17) is 0 Å². The molecule has 5 aliphatic rings. The molecule has 1 aromatic heterocycles. The van der Waals surface area contributed by atoms with Gasteiger partial charge in [0.15, 0.2) is 0 Å². The quantitative estimate of drug-likeness (QED) is 0.432. The minimum atomic E-state index is -0.101. The van der Waals surface area contributed by atoms with E-state index in [0.29, 0.717) is 29.5 Å². The van der Waals surface area contributed by atoms with Crippen LogP contribution in [0.4, 0.5) is 0 Å². The third-order valence-electron chi connectivity index (χ3n) is 13.7. The molecule has 8 atom stereocenters. The fourth-order valence-electron chi connectivity index (χ4n) is 11.1. The number of amides is 2. The lowest BCUT2D eigenvalue weighted by Gasteiger charge is -2.62. The number of nitrogens with zero attached hydrogens (tertiary/aromatic N) is 4. The lowest BCUT2D eigenvalue weighted by atomic mass is 9.45. The molecule has 1 saturated heterocycles. The van der Waals surface area contributed by atoms with Gasteiger partial charge in [-0.15, -0.1) is 0 Å². The topological polar surface area (TPSA) is 77.0 Å². The van der Waals surface area contributed by atoms with Crippen molar-refractivity contribution in [2.45, 2.75) is 97.1 Å². The van der Waals surface area contributed by atoms with Crippen molar-refractivity contribution in [3.8, 4) is 0 Å². The van der Waals surface area contributed by atoms with E-state index < -0.39 is 0 Å². The number of hydrogen-bond acceptors (Lipinski definition) is 5. The van der Waals surface area contributed by atoms with Gasteiger partial charge in [0.2, 0.25) is 5.91 Å². The zero-order valence-electron chi connectivity index (χ0n) is 27.8. The number of carbonyl (C=O) groups excluding carboxylic acids is 2. The summed E-state index contributed by atoms with van der Waals surface area (Å²) in [7, 11) is 0. The summed E-state index contributed by atoms with van der Waals surface area (Å²) < 4.78 is 0. The van der Waals surface area contributed by atoms with Crippen molar-refractivity contribution in [3.05, 3.63) is 42.1 Å². The summed E-state index contributed by atoms with van der Waals surface area (Å²) in [5.41, 5.74) is 2.02. The lowest BCUT2D eigenvalue weighted by molar-refractivity contribution is -0.139. The van der Waals surface area contributed by atoms with E-state index in [1.165, 1.54) is 51.4 Å². The van der Waals surface area contributed by atoms with Gasteiger partial charge in [0.25, 0.3) is 5.91 Å². The van der Waals surface area contributed by atoms with Gasteiger partial charge in [-0.05, 0) is 123 Å². The highest BCUT2D eigenvalue weighted by molar-refractivity contribution is 5.99. The van der Waals surface area contributed by atoms with E-state index in [0.717, 1.165) is 67.7 Å². The largest absolute Gasteiger partial charge is 0.393 e. The molecule has 4 saturated carbocycles. The first-order chi connectivity index (χ1) is 21.7. The van der Waals surface area contributed by atoms with Crippen LogP contribution in [0.5, 0.6) is 0 Å². The molecule has 2 heterocycles. The molecule has 244 valence electrons. The first-order valence-electron chi connectivity index (χ1n) is 18.0. The van der Waals surface area contributed by atoms with Crippen molar-refractivity contribution < 1.29 is 14.7 Å². The summed E-state index contributed by atoms with van der Waals surface area (Å²) >= 11 is 0. The molecule has 0 spiro atoms. The van der Waals surface area contributed by atoms with Gasteiger partial charge in [0.05, 0.1) is 11.6 Å². The number of aliphatic hydroxyl groups excluding tert-OH is 1. The zero-order valence-corrected chi connectivity index (χ0v) is 27.8. The Bertz CT molecular complexity index is 1410. The Morgan fingerprint density at radius 3 is 2.53 bits per heavy atom. The van der Waals surface area contributed by atoms with Crippen LogP contribution in [-0.4, -0.2) is 88.0 Å². The molecular weight excluding hydrogens is 560 g/mol. The fraction of sp³-hybridized carbons (Fsp3) is 0.711. The van der Waals surface area contributed by atoms with Crippen molar-refractivity contribution in [3.63, 3.8) is 0 Å². The Morgan fingerprint density at radius 2 is 1.73 bits per heavy atom. The molecule has 1 aliphatic heterocycles. The highest BCUT2D eigenvalue weighted by Crippen LogP contribution is 2.66. The number of fused-ring (bicyclic) bond motifs is 6. The predicted octanol–water partition coefficient (Wildman–Crippen LogP) is 6.00. The molecule has 7 heteroatoms. The molecule has 1 N–H and O–H groups in total. The van der Waals surface area contributed by atoms with Crippen LogP contribution in [0, 0.1) is 34.5 Å². The van der Waals surface area contributed by atoms with E-state index in [9.17, 15) is 14.7 Å². The summed E-state index contributed by atoms with van der Waals surface area (Å²) in [5, 5.41) is 11.8. The van der Waals surface area contributed by atoms with Crippen molar-refractivity contribution in [1.82, 2.24) is 19.7 Å². The van der Waals surface area contributed by atoms with Crippen LogP contribution in [0.3, 0.4) is 0 Å². The van der Waals surface area contributed by atoms with Crippen molar-refractivity contribution in [2.75, 3.05) is 39.3 Å². The number of aromatic nitrogens is 1. The van der Waals surface area contributed by atoms with Crippen LogP contribution in [0.1, 0.15) is 95.3 Å². The Morgan fingerprint density at radius 1 is 0.956 bits per heavy atom. The maximum Gasteiger partial charge on any atom is 0.254 e. The average molecular weight is 615 g/mol. The van der Waals surface area contributed by atoms with E-state index in [2.05, 4.69) is 30.7 Å². The van der Waals surface area contributed by atoms with Gasteiger partial charge in [-0.3, -0.25) is 19.5 Å². The van der Waals surface area contributed by atoms with Crippen molar-refractivity contribution in [1.29, 1.82) is 0 Å². The molecule has 2 aromatic rings. The molecule has 1 aromatic carbocycles. The standard InChI is InChI=1S/C38H54N4O3/c1-4-18-42(36(45)27-7-13-33-26(23-27)6-5-17-39-33)25-35(44)41-21-19-40(20-22-41)29-10-8-28-9-11-30-31-12-14-34(43)37(31,2)16-15-32(30)38(28,3)24-29/h5-7,13,17,23,28-32,34,43H,4,8-12,14-16,18-22,24-25H2,1-3H3. The normalized spacial score (nSPS) is 36.7. The lowest BCUT2D eigenvalue weighted by Crippen LogP contribution is -2.59. The van der Waals surface area contributed by atoms with Gasteiger partial charge < -0.3 is 14.9 Å². The monoisotopic (exact) mass is 614 g/mol. The molecular formula is C38H54N4O3. The van der Waals surface area contributed by atoms with Crippen LogP contribution >= 0.6 is 0 Å². The van der Waals surface area contributed by atoms with Crippen LogP contribution in [0.25, 0.3) is 10.9 Å². The summed E-state index contributed by atoms with van der Waals surface area (Å²) in [4.78, 5) is 37.8. The van der Waals surface area contributed by atoms with E-state index in [1.807, 2.05) is 35.2 Å². The molecule has 0 radical (unpaired) electrons. The van der Waals surface area contributed by atoms with Gasteiger partial charge in [0, 0.05) is 55.9 Å². The number of aliphatic hydroxyl groups is 1. The van der Waals surface area contributed by atoms with Crippen molar-refractivity contribution in [2.24, 2.45) is 34.5 Å². The molecule has 2 amide bonds. The Hall–Kier alpha value is -2.51. The van der Waals surface area contributed by atoms with Crippen LogP contribution in [0.15, 0.2) is 36.5 Å².